The Balaban J connectivity index is 1.80. The van der Waals surface area contributed by atoms with Crippen molar-refractivity contribution in [3.63, 3.8) is 0 Å². The molecule has 0 radical (unpaired) electrons. The van der Waals surface area contributed by atoms with Gasteiger partial charge in [0, 0.05) is 22.7 Å². The third kappa shape index (κ3) is 8.23. The number of aliphatic hydroxyl groups is 1. The van der Waals surface area contributed by atoms with Crippen molar-refractivity contribution in [1.82, 2.24) is 15.1 Å². The standard InChI is InChI=1S/C33H41N5O5S/c1-33(2,3)36-29(41)26-19-44-20-37(26)30(27(39)16-13-21-9-5-4-6-10-21)38(32(43)25(34)18-28(35)40)31(42)24-15-14-22-11-7-8-12-23(22)17-24/h4-12,14-15,17,25-27,30,39H,13,16,18-20,34H2,1-3H3,(H2,35,40)(H,36,41)/t25-,26-,27+,30?/m0/s1. The lowest BCUT2D eigenvalue weighted by Gasteiger charge is -2.42. The van der Waals surface area contributed by atoms with E-state index in [0.717, 1.165) is 21.2 Å². The molecule has 0 aliphatic carbocycles. The van der Waals surface area contributed by atoms with Crippen LogP contribution >= 0.6 is 11.8 Å². The summed E-state index contributed by atoms with van der Waals surface area (Å²) in [5, 5.41) is 16.5. The van der Waals surface area contributed by atoms with E-state index in [4.69, 9.17) is 11.5 Å². The molecule has 6 N–H and O–H groups in total. The predicted octanol–water partition coefficient (Wildman–Crippen LogP) is 2.62. The molecule has 0 aromatic heterocycles. The summed E-state index contributed by atoms with van der Waals surface area (Å²) in [4.78, 5) is 56.4. The number of nitrogens with one attached hydrogen (secondary N) is 1. The minimum Gasteiger partial charge on any atom is -0.390 e. The van der Waals surface area contributed by atoms with Crippen molar-refractivity contribution in [3.05, 3.63) is 83.9 Å². The third-order valence-corrected chi connectivity index (χ3v) is 8.46. The lowest BCUT2D eigenvalue weighted by atomic mass is 10.00. The Morgan fingerprint density at radius 1 is 1.02 bits per heavy atom. The van der Waals surface area contributed by atoms with Gasteiger partial charge < -0.3 is 21.9 Å². The van der Waals surface area contributed by atoms with Crippen molar-refractivity contribution in [2.75, 3.05) is 11.6 Å². The van der Waals surface area contributed by atoms with Gasteiger partial charge in [0.25, 0.3) is 5.91 Å². The second kappa shape index (κ2) is 14.3. The number of aryl methyl sites for hydroxylation is 1. The number of amides is 4. The van der Waals surface area contributed by atoms with Crippen LogP contribution in [0.3, 0.4) is 0 Å². The first-order chi connectivity index (χ1) is 20.9. The molecule has 234 valence electrons. The van der Waals surface area contributed by atoms with Crippen LogP contribution in [0.2, 0.25) is 0 Å². The number of aliphatic hydroxyl groups excluding tert-OH is 1. The molecular formula is C33H41N5O5S. The Kier molecular flexibility index (Phi) is 10.8. The smallest absolute Gasteiger partial charge is 0.261 e. The summed E-state index contributed by atoms with van der Waals surface area (Å²) in [5.74, 6) is -1.98. The quantitative estimate of drug-likeness (QED) is 0.255. The van der Waals surface area contributed by atoms with Crippen molar-refractivity contribution in [1.29, 1.82) is 0 Å². The molecule has 11 heteroatoms. The Morgan fingerprint density at radius 2 is 1.68 bits per heavy atom. The largest absolute Gasteiger partial charge is 0.390 e. The number of primary amides is 1. The molecule has 1 unspecified atom stereocenters. The molecule has 0 saturated carbocycles. The van der Waals surface area contributed by atoms with Gasteiger partial charge in [-0.1, -0.05) is 60.7 Å². The molecule has 1 fully saturated rings. The van der Waals surface area contributed by atoms with E-state index in [9.17, 15) is 24.3 Å². The first kappa shape index (κ1) is 33.1. The maximum absolute atomic E-state index is 14.4. The molecule has 1 heterocycles. The number of imide groups is 1. The highest BCUT2D eigenvalue weighted by Gasteiger charge is 2.46. The van der Waals surface area contributed by atoms with Crippen molar-refractivity contribution in [2.24, 2.45) is 11.5 Å². The maximum Gasteiger partial charge on any atom is 0.261 e. The van der Waals surface area contributed by atoms with Crippen LogP contribution in [0.5, 0.6) is 0 Å². The normalized spacial score (nSPS) is 17.5. The van der Waals surface area contributed by atoms with Gasteiger partial charge in [-0.25, -0.2) is 0 Å². The number of hydrogen-bond donors (Lipinski definition) is 4. The van der Waals surface area contributed by atoms with Gasteiger partial charge in [0.1, 0.15) is 12.2 Å². The number of rotatable bonds is 11. The molecule has 4 rings (SSSR count). The number of nitrogens with zero attached hydrogens (tertiary/aromatic N) is 2. The van der Waals surface area contributed by atoms with E-state index in [0.29, 0.717) is 12.2 Å². The van der Waals surface area contributed by atoms with E-state index in [1.54, 1.807) is 23.1 Å². The number of carbonyl (C=O) groups is 4. The van der Waals surface area contributed by atoms with E-state index >= 15 is 0 Å². The average Bonchev–Trinajstić information content (AvgIpc) is 3.47. The molecule has 3 aromatic carbocycles. The lowest BCUT2D eigenvalue weighted by molar-refractivity contribution is -0.145. The van der Waals surface area contributed by atoms with Crippen molar-refractivity contribution in [2.45, 2.75) is 69.9 Å². The first-order valence-corrected chi connectivity index (χ1v) is 15.8. The Bertz CT molecular complexity index is 1490. The molecule has 1 saturated heterocycles. The molecule has 44 heavy (non-hydrogen) atoms. The second-order valence-electron chi connectivity index (χ2n) is 12.1. The molecule has 4 atom stereocenters. The van der Waals surface area contributed by atoms with Gasteiger partial charge in [-0.15, -0.1) is 11.8 Å². The SMILES string of the molecule is CC(C)(C)NC(=O)[C@@H]1CSCN1C([C@H](O)CCc1ccccc1)N(C(=O)c1ccc2ccccc2c1)C(=O)[C@@H](N)CC(N)=O. The highest BCUT2D eigenvalue weighted by Crippen LogP contribution is 2.30. The van der Waals surface area contributed by atoms with E-state index in [-0.39, 0.29) is 23.8 Å². The Hall–Kier alpha value is -3.77. The maximum atomic E-state index is 14.4. The fraction of sp³-hybridized carbons (Fsp3) is 0.394. The molecule has 0 spiro atoms. The Labute approximate surface area is 262 Å². The van der Waals surface area contributed by atoms with Gasteiger partial charge in [0.15, 0.2) is 0 Å². The van der Waals surface area contributed by atoms with Crippen LogP contribution in [0.4, 0.5) is 0 Å². The molecule has 4 amide bonds. The zero-order valence-corrected chi connectivity index (χ0v) is 26.1. The molecule has 0 bridgehead atoms. The van der Waals surface area contributed by atoms with Crippen molar-refractivity contribution < 1.29 is 24.3 Å². The molecular weight excluding hydrogens is 578 g/mol. The van der Waals surface area contributed by atoms with Crippen LogP contribution in [0, 0.1) is 0 Å². The second-order valence-corrected chi connectivity index (χ2v) is 13.1. The van der Waals surface area contributed by atoms with Gasteiger partial charge in [-0.05, 0) is 62.1 Å². The van der Waals surface area contributed by atoms with Gasteiger partial charge in [0.2, 0.25) is 17.7 Å². The summed E-state index contributed by atoms with van der Waals surface area (Å²) >= 11 is 1.46. The number of benzene rings is 3. The molecule has 10 nitrogen and oxygen atoms in total. The topological polar surface area (TPSA) is 159 Å². The van der Waals surface area contributed by atoms with Crippen LogP contribution in [0.25, 0.3) is 10.8 Å². The van der Waals surface area contributed by atoms with Crippen LogP contribution < -0.4 is 16.8 Å². The highest BCUT2D eigenvalue weighted by atomic mass is 32.2. The van der Waals surface area contributed by atoms with E-state index in [2.05, 4.69) is 5.32 Å². The monoisotopic (exact) mass is 619 g/mol. The summed E-state index contributed by atoms with van der Waals surface area (Å²) in [6, 6.07) is 19.9. The van der Waals surface area contributed by atoms with Gasteiger partial charge in [0.05, 0.1) is 18.6 Å². The van der Waals surface area contributed by atoms with Crippen LogP contribution in [-0.2, 0) is 20.8 Å². The fourth-order valence-electron chi connectivity index (χ4n) is 5.34. The van der Waals surface area contributed by atoms with Crippen LogP contribution in [-0.4, -0.2) is 80.1 Å². The highest BCUT2D eigenvalue weighted by molar-refractivity contribution is 7.99. The number of hydrogen-bond acceptors (Lipinski definition) is 8. The lowest BCUT2D eigenvalue weighted by Crippen LogP contribution is -2.65. The zero-order chi connectivity index (χ0) is 32.0. The number of carbonyl (C=O) groups excluding carboxylic acids is 4. The third-order valence-electron chi connectivity index (χ3n) is 7.43. The molecule has 1 aliphatic rings. The summed E-state index contributed by atoms with van der Waals surface area (Å²) < 4.78 is 0. The predicted molar refractivity (Wildman–Crippen MR) is 172 cm³/mol. The van der Waals surface area contributed by atoms with Gasteiger partial charge in [-0.2, -0.15) is 0 Å². The summed E-state index contributed by atoms with van der Waals surface area (Å²) in [6.07, 6.45) is -2.36. The van der Waals surface area contributed by atoms with E-state index in [1.165, 1.54) is 11.8 Å². The molecule has 1 aliphatic heterocycles. The number of fused-ring (bicyclic) bond motifs is 1. The van der Waals surface area contributed by atoms with E-state index < -0.39 is 54.0 Å². The van der Waals surface area contributed by atoms with Gasteiger partial charge >= 0.3 is 0 Å². The number of nitrogens with two attached hydrogens (primary N) is 2. The van der Waals surface area contributed by atoms with Crippen LogP contribution in [0.1, 0.15) is 49.5 Å². The minimum atomic E-state index is -1.43. The molecule has 3 aromatic rings. The van der Waals surface area contributed by atoms with Crippen molar-refractivity contribution in [3.8, 4) is 0 Å². The summed E-state index contributed by atoms with van der Waals surface area (Å²) in [7, 11) is 0. The van der Waals surface area contributed by atoms with Gasteiger partial charge in [-0.3, -0.25) is 29.0 Å². The minimum absolute atomic E-state index is 0.184. The first-order valence-electron chi connectivity index (χ1n) is 14.6. The summed E-state index contributed by atoms with van der Waals surface area (Å²) in [6.45, 7) is 5.60. The van der Waals surface area contributed by atoms with E-state index in [1.807, 2.05) is 75.4 Å². The zero-order valence-electron chi connectivity index (χ0n) is 25.3. The van der Waals surface area contributed by atoms with Crippen LogP contribution in [0.15, 0.2) is 72.8 Å². The average molecular weight is 620 g/mol. The van der Waals surface area contributed by atoms with Crippen molar-refractivity contribution >= 4 is 46.2 Å². The summed E-state index contributed by atoms with van der Waals surface area (Å²) in [5.41, 5.74) is 12.2. The fourth-order valence-corrected chi connectivity index (χ4v) is 6.55. The Morgan fingerprint density at radius 3 is 2.34 bits per heavy atom. The number of thioether (sulfide) groups is 1.